The second-order valence-corrected chi connectivity index (χ2v) is 5.80. The highest BCUT2D eigenvalue weighted by molar-refractivity contribution is 5.75. The lowest BCUT2D eigenvalue weighted by atomic mass is 9.94. The van der Waals surface area contributed by atoms with Gasteiger partial charge in [-0.15, -0.1) is 0 Å². The van der Waals surface area contributed by atoms with Crippen LogP contribution >= 0.6 is 0 Å². The van der Waals surface area contributed by atoms with E-state index in [0.29, 0.717) is 18.0 Å². The summed E-state index contributed by atoms with van der Waals surface area (Å²) in [5.41, 5.74) is 4.75. The third-order valence-corrected chi connectivity index (χ3v) is 2.83. The first-order valence-electron chi connectivity index (χ1n) is 6.65. The van der Waals surface area contributed by atoms with E-state index in [1.807, 2.05) is 13.8 Å². The Balaban J connectivity index is 2.56. The summed E-state index contributed by atoms with van der Waals surface area (Å²) in [7, 11) is 0. The number of carbonyl (C=O) groups is 1. The molecule has 1 unspecified atom stereocenters. The van der Waals surface area contributed by atoms with Gasteiger partial charge < -0.3 is 20.7 Å². The summed E-state index contributed by atoms with van der Waals surface area (Å²) >= 11 is 0. The number of aliphatic hydroxyl groups is 1. The minimum absolute atomic E-state index is 0.109. The molecule has 1 aromatic heterocycles. The van der Waals surface area contributed by atoms with Crippen LogP contribution in [-0.4, -0.2) is 27.7 Å². The van der Waals surface area contributed by atoms with Crippen molar-refractivity contribution in [2.24, 2.45) is 5.92 Å². The van der Waals surface area contributed by atoms with Crippen LogP contribution in [-0.2, 0) is 11.3 Å². The topological polar surface area (TPSA) is 97.3 Å². The number of amides is 1. The fraction of sp³-hybridized carbons (Fsp3) is 0.571. The van der Waals surface area contributed by atoms with Crippen LogP contribution < -0.4 is 16.6 Å². The third-order valence-electron chi connectivity index (χ3n) is 2.83. The molecule has 6 nitrogen and oxygen atoms in total. The first kappa shape index (κ1) is 16.2. The molecule has 1 aromatic rings. The SMILES string of the molecule is CC(C)CC(C)(O)CNC(=O)Cn1cc(N)ccc1=O. The minimum atomic E-state index is -0.954. The van der Waals surface area contributed by atoms with Crippen LogP contribution in [0, 0.1) is 5.92 Å². The number of pyridine rings is 1. The molecule has 0 spiro atoms. The van der Waals surface area contributed by atoms with Gasteiger partial charge in [-0.2, -0.15) is 0 Å². The van der Waals surface area contributed by atoms with Crippen LogP contribution in [0.15, 0.2) is 23.1 Å². The number of nitrogens with one attached hydrogen (secondary N) is 1. The number of aromatic nitrogens is 1. The maximum Gasteiger partial charge on any atom is 0.251 e. The molecule has 1 heterocycles. The monoisotopic (exact) mass is 281 g/mol. The van der Waals surface area contributed by atoms with Crippen molar-refractivity contribution >= 4 is 11.6 Å². The van der Waals surface area contributed by atoms with Gasteiger partial charge in [0.05, 0.1) is 5.60 Å². The van der Waals surface area contributed by atoms with Crippen molar-refractivity contribution < 1.29 is 9.90 Å². The van der Waals surface area contributed by atoms with Gasteiger partial charge in [-0.05, 0) is 25.3 Å². The molecule has 1 atom stereocenters. The number of carbonyl (C=O) groups excluding carboxylic acids is 1. The lowest BCUT2D eigenvalue weighted by Crippen LogP contribution is -2.43. The van der Waals surface area contributed by atoms with Gasteiger partial charge >= 0.3 is 0 Å². The Hall–Kier alpha value is -1.82. The molecule has 0 saturated heterocycles. The predicted octanol–water partition coefficient (Wildman–Crippen LogP) is 0.344. The van der Waals surface area contributed by atoms with Gasteiger partial charge in [0.15, 0.2) is 0 Å². The second-order valence-electron chi connectivity index (χ2n) is 5.80. The predicted molar refractivity (Wildman–Crippen MR) is 78.2 cm³/mol. The van der Waals surface area contributed by atoms with Gasteiger partial charge in [0.1, 0.15) is 6.54 Å². The Bertz CT molecular complexity index is 521. The van der Waals surface area contributed by atoms with E-state index in [1.165, 1.54) is 22.9 Å². The average molecular weight is 281 g/mol. The van der Waals surface area contributed by atoms with Gasteiger partial charge in [0.2, 0.25) is 5.91 Å². The van der Waals surface area contributed by atoms with Crippen molar-refractivity contribution in [2.75, 3.05) is 12.3 Å². The summed E-state index contributed by atoms with van der Waals surface area (Å²) < 4.78 is 1.24. The molecule has 1 rings (SSSR count). The van der Waals surface area contributed by atoms with Crippen molar-refractivity contribution in [1.82, 2.24) is 9.88 Å². The van der Waals surface area contributed by atoms with E-state index >= 15 is 0 Å². The number of hydrogen-bond acceptors (Lipinski definition) is 4. The van der Waals surface area contributed by atoms with Crippen LogP contribution in [0.25, 0.3) is 0 Å². The van der Waals surface area contributed by atoms with Crippen molar-refractivity contribution in [3.63, 3.8) is 0 Å². The normalized spacial score (nSPS) is 14.1. The average Bonchev–Trinajstić information content (AvgIpc) is 2.30. The molecule has 0 saturated carbocycles. The molecule has 112 valence electrons. The Labute approximate surface area is 118 Å². The van der Waals surface area contributed by atoms with Crippen molar-refractivity contribution in [3.05, 3.63) is 28.7 Å². The smallest absolute Gasteiger partial charge is 0.251 e. The van der Waals surface area contributed by atoms with E-state index in [9.17, 15) is 14.7 Å². The summed E-state index contributed by atoms with van der Waals surface area (Å²) in [6.45, 7) is 5.73. The maximum atomic E-state index is 11.8. The molecule has 0 aliphatic rings. The van der Waals surface area contributed by atoms with E-state index in [4.69, 9.17) is 5.73 Å². The van der Waals surface area contributed by atoms with E-state index in [1.54, 1.807) is 6.92 Å². The molecule has 1 amide bonds. The van der Waals surface area contributed by atoms with Gasteiger partial charge in [-0.1, -0.05) is 13.8 Å². The zero-order chi connectivity index (χ0) is 15.3. The maximum absolute atomic E-state index is 11.8. The highest BCUT2D eigenvalue weighted by atomic mass is 16.3. The first-order valence-corrected chi connectivity index (χ1v) is 6.65. The van der Waals surface area contributed by atoms with Crippen molar-refractivity contribution in [1.29, 1.82) is 0 Å². The highest BCUT2D eigenvalue weighted by Crippen LogP contribution is 2.14. The fourth-order valence-electron chi connectivity index (χ4n) is 2.12. The van der Waals surface area contributed by atoms with E-state index < -0.39 is 5.60 Å². The highest BCUT2D eigenvalue weighted by Gasteiger charge is 2.22. The van der Waals surface area contributed by atoms with Crippen LogP contribution in [0.2, 0.25) is 0 Å². The van der Waals surface area contributed by atoms with Crippen molar-refractivity contribution in [3.8, 4) is 0 Å². The number of nitrogens with zero attached hydrogens (tertiary/aromatic N) is 1. The van der Waals surface area contributed by atoms with E-state index in [0.717, 1.165) is 0 Å². The van der Waals surface area contributed by atoms with Crippen LogP contribution in [0.1, 0.15) is 27.2 Å². The molecule has 0 radical (unpaired) electrons. The first-order chi connectivity index (χ1) is 9.19. The lowest BCUT2D eigenvalue weighted by molar-refractivity contribution is -0.123. The lowest BCUT2D eigenvalue weighted by Gasteiger charge is -2.25. The number of hydrogen-bond donors (Lipinski definition) is 3. The van der Waals surface area contributed by atoms with Gasteiger partial charge in [0.25, 0.3) is 5.56 Å². The van der Waals surface area contributed by atoms with Gasteiger partial charge in [-0.3, -0.25) is 9.59 Å². The number of rotatable bonds is 6. The Kier molecular flexibility index (Phi) is 5.33. The fourth-order valence-corrected chi connectivity index (χ4v) is 2.12. The Morgan fingerprint density at radius 2 is 2.15 bits per heavy atom. The molecule has 0 aliphatic heterocycles. The van der Waals surface area contributed by atoms with Crippen molar-refractivity contribution in [2.45, 2.75) is 39.3 Å². The molecule has 0 aliphatic carbocycles. The molecule has 0 aromatic carbocycles. The molecule has 20 heavy (non-hydrogen) atoms. The molecular formula is C14H23N3O3. The van der Waals surface area contributed by atoms with Gasteiger partial charge in [-0.25, -0.2) is 0 Å². The number of anilines is 1. The van der Waals surface area contributed by atoms with E-state index in [2.05, 4.69) is 5.32 Å². The zero-order valence-corrected chi connectivity index (χ0v) is 12.2. The van der Waals surface area contributed by atoms with E-state index in [-0.39, 0.29) is 24.6 Å². The molecular weight excluding hydrogens is 258 g/mol. The van der Waals surface area contributed by atoms with Gasteiger partial charge in [0, 0.05) is 24.5 Å². The minimum Gasteiger partial charge on any atom is -0.398 e. The summed E-state index contributed by atoms with van der Waals surface area (Å²) in [5.74, 6) is 0.000161. The summed E-state index contributed by atoms with van der Waals surface area (Å²) in [6, 6.07) is 2.81. The largest absolute Gasteiger partial charge is 0.398 e. The second kappa shape index (κ2) is 6.56. The third kappa shape index (κ3) is 5.44. The Morgan fingerprint density at radius 3 is 2.75 bits per heavy atom. The van der Waals surface area contributed by atoms with Crippen LogP contribution in [0.4, 0.5) is 5.69 Å². The summed E-state index contributed by atoms with van der Waals surface area (Å²) in [6.07, 6.45) is 2.01. The summed E-state index contributed by atoms with van der Waals surface area (Å²) in [5, 5.41) is 12.7. The standard InChI is InChI=1S/C14H23N3O3/c1-10(2)6-14(3,20)9-16-12(18)8-17-7-11(15)4-5-13(17)19/h4-5,7,10,20H,6,8-9,15H2,1-3H3,(H,16,18). The number of nitrogen functional groups attached to an aromatic ring is 1. The molecule has 0 bridgehead atoms. The quantitative estimate of drug-likeness (QED) is 0.700. The van der Waals surface area contributed by atoms with Crippen LogP contribution in [0.5, 0.6) is 0 Å². The number of nitrogens with two attached hydrogens (primary N) is 1. The molecule has 4 N–H and O–H groups in total. The molecule has 0 fully saturated rings. The summed E-state index contributed by atoms with van der Waals surface area (Å²) in [4.78, 5) is 23.3. The Morgan fingerprint density at radius 1 is 1.50 bits per heavy atom. The van der Waals surface area contributed by atoms with Crippen LogP contribution in [0.3, 0.4) is 0 Å². The zero-order valence-electron chi connectivity index (χ0n) is 12.2. The molecule has 6 heteroatoms.